The van der Waals surface area contributed by atoms with Crippen LogP contribution in [0.1, 0.15) is 42.1 Å². The van der Waals surface area contributed by atoms with Gasteiger partial charge in [0.1, 0.15) is 4.83 Å². The van der Waals surface area contributed by atoms with Crippen molar-refractivity contribution in [2.24, 2.45) is 0 Å². The summed E-state index contributed by atoms with van der Waals surface area (Å²) in [6.45, 7) is 9.83. The number of carbonyl (C=O) groups excluding carboxylic acids is 1. The molecule has 1 amide bonds. The van der Waals surface area contributed by atoms with Gasteiger partial charge in [-0.3, -0.25) is 9.69 Å². The van der Waals surface area contributed by atoms with E-state index in [-0.39, 0.29) is 24.2 Å². The van der Waals surface area contributed by atoms with Crippen LogP contribution in [0.3, 0.4) is 0 Å². The van der Waals surface area contributed by atoms with Crippen molar-refractivity contribution in [1.29, 1.82) is 0 Å². The molecule has 0 spiro atoms. The molecule has 5 rings (SSSR count). The molecule has 0 radical (unpaired) electrons. The molecule has 0 aliphatic carbocycles. The van der Waals surface area contributed by atoms with E-state index >= 15 is 0 Å². The second-order valence-electron chi connectivity index (χ2n) is 9.05. The van der Waals surface area contributed by atoms with E-state index in [0.29, 0.717) is 5.02 Å². The van der Waals surface area contributed by atoms with Gasteiger partial charge in [-0.1, -0.05) is 23.7 Å². The average Bonchev–Trinajstić information content (AvgIpc) is 3.44. The molecule has 2 aliphatic rings. The van der Waals surface area contributed by atoms with Crippen molar-refractivity contribution in [1.82, 2.24) is 19.6 Å². The molecule has 0 bridgehead atoms. The Kier molecular flexibility index (Phi) is 6.01. The van der Waals surface area contributed by atoms with Gasteiger partial charge in [-0.2, -0.15) is 5.10 Å². The average molecular weight is 473 g/mol. The van der Waals surface area contributed by atoms with Crippen molar-refractivity contribution >= 4 is 39.1 Å². The maximum Gasteiger partial charge on any atom is 0.264 e. The van der Waals surface area contributed by atoms with Crippen molar-refractivity contribution in [3.05, 3.63) is 45.9 Å². The highest BCUT2D eigenvalue weighted by Crippen LogP contribution is 2.34. The molecule has 2 aliphatic heterocycles. The summed E-state index contributed by atoms with van der Waals surface area (Å²) >= 11 is 7.94. The van der Waals surface area contributed by atoms with Crippen LogP contribution in [0.2, 0.25) is 5.02 Å². The van der Waals surface area contributed by atoms with Gasteiger partial charge in [-0.15, -0.1) is 11.3 Å². The number of aryl methyl sites for hydroxylation is 1. The second kappa shape index (κ2) is 8.78. The number of thiophene rings is 1. The van der Waals surface area contributed by atoms with Crippen molar-refractivity contribution in [2.45, 2.75) is 51.9 Å². The summed E-state index contributed by atoms with van der Waals surface area (Å²) < 4.78 is 7.75. The molecule has 32 heavy (non-hydrogen) atoms. The number of aromatic nitrogens is 2. The zero-order valence-electron chi connectivity index (χ0n) is 18.8. The minimum atomic E-state index is 0.133. The fourth-order valence-electron chi connectivity index (χ4n) is 5.11. The first-order valence-electron chi connectivity index (χ1n) is 11.3. The Morgan fingerprint density at radius 1 is 1.25 bits per heavy atom. The van der Waals surface area contributed by atoms with Crippen molar-refractivity contribution < 1.29 is 9.53 Å². The first-order valence-corrected chi connectivity index (χ1v) is 12.5. The molecular weight excluding hydrogens is 444 g/mol. The Bertz CT molecular complexity index is 1130. The van der Waals surface area contributed by atoms with Crippen LogP contribution in [-0.4, -0.2) is 69.9 Å². The molecule has 8 heteroatoms. The Morgan fingerprint density at radius 2 is 2.00 bits per heavy atom. The number of hydrogen-bond donors (Lipinski definition) is 0. The number of likely N-dealkylation sites (tertiary alicyclic amines) is 1. The number of halogens is 1. The van der Waals surface area contributed by atoms with E-state index in [1.165, 1.54) is 11.3 Å². The number of carbonyl (C=O) groups is 1. The molecule has 0 N–H and O–H groups in total. The summed E-state index contributed by atoms with van der Waals surface area (Å²) in [5.41, 5.74) is 1.74. The standard InChI is InChI=1S/C24H29ClN4O2S/c1-15-12-27(13-16(2)31-15)14-18-7-6-10-28(18)23(30)22-11-19-17(3)26-29(24(19)32-22)21-9-5-4-8-20(21)25/h4-5,8-9,11,15-16,18H,6-7,10,12-14H2,1-3H3. The number of benzene rings is 1. The lowest BCUT2D eigenvalue weighted by molar-refractivity contribution is -0.0715. The highest BCUT2D eigenvalue weighted by Gasteiger charge is 2.34. The van der Waals surface area contributed by atoms with Gasteiger partial charge in [0.25, 0.3) is 5.91 Å². The second-order valence-corrected chi connectivity index (χ2v) is 10.5. The highest BCUT2D eigenvalue weighted by molar-refractivity contribution is 7.20. The van der Waals surface area contributed by atoms with Crippen molar-refractivity contribution in [3.63, 3.8) is 0 Å². The lowest BCUT2D eigenvalue weighted by Gasteiger charge is -2.38. The van der Waals surface area contributed by atoms with E-state index in [1.807, 2.05) is 41.9 Å². The van der Waals surface area contributed by atoms with Gasteiger partial charge in [0, 0.05) is 37.6 Å². The molecule has 170 valence electrons. The molecule has 3 aromatic rings. The molecule has 2 saturated heterocycles. The number of rotatable bonds is 4. The van der Waals surface area contributed by atoms with Crippen LogP contribution in [0, 0.1) is 6.92 Å². The smallest absolute Gasteiger partial charge is 0.264 e. The number of fused-ring (bicyclic) bond motifs is 1. The van der Waals surface area contributed by atoms with Crippen molar-refractivity contribution in [2.75, 3.05) is 26.2 Å². The van der Waals surface area contributed by atoms with Crippen LogP contribution >= 0.6 is 22.9 Å². The number of nitrogens with zero attached hydrogens (tertiary/aromatic N) is 4. The minimum Gasteiger partial charge on any atom is -0.373 e. The first-order chi connectivity index (χ1) is 15.4. The van der Waals surface area contributed by atoms with Crippen LogP contribution in [-0.2, 0) is 4.74 Å². The number of morpholine rings is 1. The minimum absolute atomic E-state index is 0.133. The molecule has 2 aromatic heterocycles. The molecule has 3 unspecified atom stereocenters. The molecule has 2 fully saturated rings. The third-order valence-electron chi connectivity index (χ3n) is 6.44. The monoisotopic (exact) mass is 472 g/mol. The highest BCUT2D eigenvalue weighted by atomic mass is 35.5. The van der Waals surface area contributed by atoms with Crippen LogP contribution in [0.25, 0.3) is 15.9 Å². The fraction of sp³-hybridized carbons (Fsp3) is 0.500. The summed E-state index contributed by atoms with van der Waals surface area (Å²) in [5, 5.41) is 6.35. The zero-order valence-corrected chi connectivity index (χ0v) is 20.3. The van der Waals surface area contributed by atoms with Crippen LogP contribution in [0.4, 0.5) is 0 Å². The lowest BCUT2D eigenvalue weighted by Crippen LogP contribution is -2.50. The summed E-state index contributed by atoms with van der Waals surface area (Å²) in [4.78, 5) is 19.8. The Balaban J connectivity index is 1.40. The fourth-order valence-corrected chi connectivity index (χ4v) is 6.45. The van der Waals surface area contributed by atoms with E-state index in [0.717, 1.165) is 65.5 Å². The lowest BCUT2D eigenvalue weighted by atomic mass is 10.1. The quantitative estimate of drug-likeness (QED) is 0.549. The summed E-state index contributed by atoms with van der Waals surface area (Å²) in [6, 6.07) is 9.94. The van der Waals surface area contributed by atoms with E-state index < -0.39 is 0 Å². The molecule has 0 saturated carbocycles. The molecular formula is C24H29ClN4O2S. The van der Waals surface area contributed by atoms with Gasteiger partial charge in [0.2, 0.25) is 0 Å². The predicted octanol–water partition coefficient (Wildman–Crippen LogP) is 4.76. The maximum atomic E-state index is 13.6. The van der Waals surface area contributed by atoms with E-state index in [1.54, 1.807) is 0 Å². The number of amides is 1. The van der Waals surface area contributed by atoms with E-state index in [9.17, 15) is 4.79 Å². The van der Waals surface area contributed by atoms with Crippen molar-refractivity contribution in [3.8, 4) is 5.69 Å². The van der Waals surface area contributed by atoms with Gasteiger partial charge in [0.05, 0.1) is 33.5 Å². The normalized spacial score (nSPS) is 24.5. The van der Waals surface area contributed by atoms with Gasteiger partial charge in [-0.25, -0.2) is 4.68 Å². The predicted molar refractivity (Wildman–Crippen MR) is 129 cm³/mol. The topological polar surface area (TPSA) is 50.6 Å². The summed E-state index contributed by atoms with van der Waals surface area (Å²) in [7, 11) is 0. The Hall–Kier alpha value is -1.93. The van der Waals surface area contributed by atoms with Gasteiger partial charge < -0.3 is 9.64 Å². The third-order valence-corrected chi connectivity index (χ3v) is 7.86. The maximum absolute atomic E-state index is 13.6. The largest absolute Gasteiger partial charge is 0.373 e. The Morgan fingerprint density at radius 3 is 2.75 bits per heavy atom. The summed E-state index contributed by atoms with van der Waals surface area (Å²) in [6.07, 6.45) is 2.59. The molecule has 6 nitrogen and oxygen atoms in total. The van der Waals surface area contributed by atoms with Gasteiger partial charge in [-0.05, 0) is 51.8 Å². The summed E-state index contributed by atoms with van der Waals surface area (Å²) in [5.74, 6) is 0.133. The zero-order chi connectivity index (χ0) is 22.4. The van der Waals surface area contributed by atoms with Crippen LogP contribution in [0.15, 0.2) is 30.3 Å². The van der Waals surface area contributed by atoms with E-state index in [2.05, 4.69) is 28.7 Å². The van der Waals surface area contributed by atoms with Gasteiger partial charge in [0.15, 0.2) is 0 Å². The Labute approximate surface area is 197 Å². The van der Waals surface area contributed by atoms with Crippen LogP contribution in [0.5, 0.6) is 0 Å². The molecule has 3 atom stereocenters. The number of ether oxygens (including phenoxy) is 1. The molecule has 1 aromatic carbocycles. The van der Waals surface area contributed by atoms with Crippen LogP contribution < -0.4 is 0 Å². The number of hydrogen-bond acceptors (Lipinski definition) is 5. The van der Waals surface area contributed by atoms with Gasteiger partial charge >= 0.3 is 0 Å². The SMILES string of the molecule is Cc1nn(-c2ccccc2Cl)c2sc(C(=O)N3CCCC3CN3CC(C)OC(C)C3)cc12. The van der Waals surface area contributed by atoms with E-state index in [4.69, 9.17) is 16.3 Å². The third kappa shape index (κ3) is 4.07. The first kappa shape index (κ1) is 21.9. The number of para-hydroxylation sites is 1. The molecule has 4 heterocycles.